The zero-order chi connectivity index (χ0) is 18.7. The van der Waals surface area contributed by atoms with Gasteiger partial charge in [-0.25, -0.2) is 4.79 Å². The second-order valence-corrected chi connectivity index (χ2v) is 6.63. The molecule has 2 aromatic rings. The van der Waals surface area contributed by atoms with Gasteiger partial charge in [-0.2, -0.15) is 0 Å². The number of amidine groups is 1. The molecule has 1 heterocycles. The standard InChI is InChI=1S/C21H25N3O2/c1-14-7-6-10-18(17(14)4)26-13-19-22-11-12-24(19)21(25)23-20-15(2)8-5-9-16(20)3/h5-10H,11-13H2,1-4H3,(H,23,25). The van der Waals surface area contributed by atoms with E-state index in [1.54, 1.807) is 4.90 Å². The molecule has 5 nitrogen and oxygen atoms in total. The highest BCUT2D eigenvalue weighted by atomic mass is 16.5. The van der Waals surface area contributed by atoms with Crippen LogP contribution in [0.3, 0.4) is 0 Å². The first-order valence-corrected chi connectivity index (χ1v) is 8.84. The van der Waals surface area contributed by atoms with E-state index in [9.17, 15) is 4.79 Å². The summed E-state index contributed by atoms with van der Waals surface area (Å²) in [5.41, 5.74) is 5.24. The molecule has 3 rings (SSSR count). The van der Waals surface area contributed by atoms with Crippen molar-refractivity contribution in [1.82, 2.24) is 4.90 Å². The summed E-state index contributed by atoms with van der Waals surface area (Å²) in [6, 6.07) is 11.8. The molecule has 1 aliphatic rings. The second-order valence-electron chi connectivity index (χ2n) is 6.63. The number of hydrogen-bond acceptors (Lipinski definition) is 3. The predicted molar refractivity (Wildman–Crippen MR) is 105 cm³/mol. The molecule has 0 saturated heterocycles. The number of urea groups is 1. The summed E-state index contributed by atoms with van der Waals surface area (Å²) in [5.74, 6) is 1.49. The first kappa shape index (κ1) is 18.0. The van der Waals surface area contributed by atoms with Crippen molar-refractivity contribution >= 4 is 17.6 Å². The van der Waals surface area contributed by atoms with Crippen LogP contribution in [0.25, 0.3) is 0 Å². The Kier molecular flexibility index (Phi) is 5.26. The quantitative estimate of drug-likeness (QED) is 0.895. The van der Waals surface area contributed by atoms with Crippen molar-refractivity contribution in [1.29, 1.82) is 0 Å². The van der Waals surface area contributed by atoms with Crippen molar-refractivity contribution in [2.24, 2.45) is 4.99 Å². The minimum absolute atomic E-state index is 0.164. The van der Waals surface area contributed by atoms with Crippen LogP contribution < -0.4 is 10.1 Å². The third-order valence-corrected chi connectivity index (χ3v) is 4.80. The van der Waals surface area contributed by atoms with Gasteiger partial charge in [-0.15, -0.1) is 0 Å². The number of nitrogens with one attached hydrogen (secondary N) is 1. The fraction of sp³-hybridized carbons (Fsp3) is 0.333. The van der Waals surface area contributed by atoms with Crippen LogP contribution in [-0.2, 0) is 0 Å². The molecule has 136 valence electrons. The summed E-state index contributed by atoms with van der Waals surface area (Å²) in [6.07, 6.45) is 0. The average Bonchev–Trinajstić information content (AvgIpc) is 3.08. The number of para-hydroxylation sites is 1. The van der Waals surface area contributed by atoms with E-state index in [2.05, 4.69) is 23.3 Å². The van der Waals surface area contributed by atoms with Crippen molar-refractivity contribution in [2.75, 3.05) is 25.0 Å². The number of aliphatic imine (C=N–C) groups is 1. The molecular weight excluding hydrogens is 326 g/mol. The highest BCUT2D eigenvalue weighted by Crippen LogP contribution is 2.22. The molecule has 0 fully saturated rings. The summed E-state index contributed by atoms with van der Waals surface area (Å²) in [6.45, 7) is 9.53. The van der Waals surface area contributed by atoms with Gasteiger partial charge in [0.15, 0.2) is 0 Å². The zero-order valence-corrected chi connectivity index (χ0v) is 15.8. The van der Waals surface area contributed by atoms with Crippen LogP contribution in [0, 0.1) is 27.7 Å². The smallest absolute Gasteiger partial charge is 0.327 e. The van der Waals surface area contributed by atoms with E-state index in [-0.39, 0.29) is 12.6 Å². The maximum Gasteiger partial charge on any atom is 0.327 e. The Morgan fingerprint density at radius 3 is 2.46 bits per heavy atom. The first-order valence-electron chi connectivity index (χ1n) is 8.84. The molecule has 0 unspecified atom stereocenters. The number of hydrogen-bond donors (Lipinski definition) is 1. The normalized spacial score (nSPS) is 13.5. The Morgan fingerprint density at radius 1 is 1.08 bits per heavy atom. The molecule has 1 N–H and O–H groups in total. The van der Waals surface area contributed by atoms with E-state index in [0.717, 1.165) is 28.1 Å². The molecule has 1 aliphatic heterocycles. The molecule has 2 aromatic carbocycles. The second kappa shape index (κ2) is 7.60. The maximum absolute atomic E-state index is 12.7. The van der Waals surface area contributed by atoms with E-state index in [1.165, 1.54) is 5.56 Å². The summed E-state index contributed by atoms with van der Waals surface area (Å²) in [4.78, 5) is 18.9. The number of ether oxygens (including phenoxy) is 1. The molecule has 0 aromatic heterocycles. The summed E-state index contributed by atoms with van der Waals surface area (Å²) in [5, 5.41) is 3.02. The van der Waals surface area contributed by atoms with E-state index in [4.69, 9.17) is 4.74 Å². The first-order chi connectivity index (χ1) is 12.5. The van der Waals surface area contributed by atoms with Crippen LogP contribution >= 0.6 is 0 Å². The van der Waals surface area contributed by atoms with Crippen LogP contribution in [-0.4, -0.2) is 36.5 Å². The van der Waals surface area contributed by atoms with Gasteiger partial charge in [0.1, 0.15) is 18.2 Å². The summed E-state index contributed by atoms with van der Waals surface area (Å²) < 4.78 is 5.93. The maximum atomic E-state index is 12.7. The number of aryl methyl sites for hydroxylation is 3. The minimum Gasteiger partial charge on any atom is -0.485 e. The molecule has 0 saturated carbocycles. The molecule has 5 heteroatoms. The Bertz CT molecular complexity index is 838. The summed E-state index contributed by atoms with van der Waals surface area (Å²) >= 11 is 0. The molecule has 0 bridgehead atoms. The van der Waals surface area contributed by atoms with Crippen molar-refractivity contribution in [3.05, 3.63) is 58.7 Å². The van der Waals surface area contributed by atoms with E-state index in [1.807, 2.05) is 51.1 Å². The molecule has 0 aliphatic carbocycles. The van der Waals surface area contributed by atoms with Crippen LogP contribution in [0.2, 0.25) is 0 Å². The van der Waals surface area contributed by atoms with Gasteiger partial charge in [0, 0.05) is 12.2 Å². The van der Waals surface area contributed by atoms with Crippen LogP contribution in [0.4, 0.5) is 10.5 Å². The van der Waals surface area contributed by atoms with E-state index in [0.29, 0.717) is 18.9 Å². The van der Waals surface area contributed by atoms with Crippen molar-refractivity contribution in [2.45, 2.75) is 27.7 Å². The Balaban J connectivity index is 1.68. The van der Waals surface area contributed by atoms with Gasteiger partial charge in [0.05, 0.1) is 6.54 Å². The lowest BCUT2D eigenvalue weighted by atomic mass is 10.1. The largest absolute Gasteiger partial charge is 0.485 e. The Labute approximate surface area is 154 Å². The highest BCUT2D eigenvalue weighted by molar-refractivity contribution is 6.05. The number of anilines is 1. The molecule has 0 radical (unpaired) electrons. The van der Waals surface area contributed by atoms with E-state index >= 15 is 0 Å². The van der Waals surface area contributed by atoms with Gasteiger partial charge < -0.3 is 10.1 Å². The van der Waals surface area contributed by atoms with Crippen LogP contribution in [0.15, 0.2) is 41.4 Å². The van der Waals surface area contributed by atoms with Gasteiger partial charge in [-0.3, -0.25) is 9.89 Å². The summed E-state index contributed by atoms with van der Waals surface area (Å²) in [7, 11) is 0. The Hall–Kier alpha value is -2.82. The number of nitrogens with zero attached hydrogens (tertiary/aromatic N) is 2. The fourth-order valence-electron chi connectivity index (χ4n) is 3.04. The monoisotopic (exact) mass is 351 g/mol. The molecule has 0 spiro atoms. The van der Waals surface area contributed by atoms with Gasteiger partial charge in [-0.05, 0) is 56.0 Å². The van der Waals surface area contributed by atoms with Crippen molar-refractivity contribution in [3.63, 3.8) is 0 Å². The highest BCUT2D eigenvalue weighted by Gasteiger charge is 2.25. The van der Waals surface area contributed by atoms with Crippen molar-refractivity contribution in [3.8, 4) is 5.75 Å². The number of carbonyl (C=O) groups is 1. The van der Waals surface area contributed by atoms with Gasteiger partial charge in [0.25, 0.3) is 0 Å². The van der Waals surface area contributed by atoms with Gasteiger partial charge in [-0.1, -0.05) is 30.3 Å². The number of rotatable bonds is 4. The fourth-order valence-corrected chi connectivity index (χ4v) is 3.04. The lowest BCUT2D eigenvalue weighted by Crippen LogP contribution is -2.40. The van der Waals surface area contributed by atoms with E-state index < -0.39 is 0 Å². The minimum atomic E-state index is -0.164. The average molecular weight is 351 g/mol. The van der Waals surface area contributed by atoms with Gasteiger partial charge >= 0.3 is 6.03 Å². The third kappa shape index (κ3) is 3.72. The van der Waals surface area contributed by atoms with Crippen LogP contribution in [0.5, 0.6) is 5.75 Å². The van der Waals surface area contributed by atoms with Crippen molar-refractivity contribution < 1.29 is 9.53 Å². The third-order valence-electron chi connectivity index (χ3n) is 4.80. The molecule has 2 amide bonds. The molecule has 0 atom stereocenters. The number of amides is 2. The number of carbonyl (C=O) groups excluding carboxylic acids is 1. The van der Waals surface area contributed by atoms with Gasteiger partial charge in [0.2, 0.25) is 0 Å². The Morgan fingerprint density at radius 2 is 1.73 bits per heavy atom. The SMILES string of the molecule is Cc1cccc(OCC2=NCCN2C(=O)Nc2c(C)cccc2C)c1C. The topological polar surface area (TPSA) is 53.9 Å². The predicted octanol–water partition coefficient (Wildman–Crippen LogP) is 4.25. The lowest BCUT2D eigenvalue weighted by molar-refractivity contribution is 0.234. The number of benzene rings is 2. The zero-order valence-electron chi connectivity index (χ0n) is 15.8. The molecule has 26 heavy (non-hydrogen) atoms. The van der Waals surface area contributed by atoms with Crippen LogP contribution in [0.1, 0.15) is 22.3 Å². The lowest BCUT2D eigenvalue weighted by Gasteiger charge is -2.21. The molecular formula is C21H25N3O2.